The number of ether oxygens (including phenoxy) is 1. The van der Waals surface area contributed by atoms with Crippen LogP contribution in [0.4, 0.5) is 0 Å². The van der Waals surface area contributed by atoms with Gasteiger partial charge in [-0.15, -0.1) is 0 Å². The predicted octanol–water partition coefficient (Wildman–Crippen LogP) is 3.68. The number of phenolic OH excluding ortho intramolecular Hbond substituents is 1. The van der Waals surface area contributed by atoms with Crippen LogP contribution in [0.2, 0.25) is 0 Å². The van der Waals surface area contributed by atoms with E-state index < -0.39 is 0 Å². The molecule has 4 fully saturated rings. The largest absolute Gasteiger partial charge is 0.506 e. The highest BCUT2D eigenvalue weighted by molar-refractivity contribution is 5.98. The third-order valence-corrected chi connectivity index (χ3v) is 7.61. The van der Waals surface area contributed by atoms with Crippen molar-refractivity contribution in [2.24, 2.45) is 17.8 Å². The molecule has 4 aliphatic carbocycles. The predicted molar refractivity (Wildman–Crippen MR) is 115 cm³/mol. The van der Waals surface area contributed by atoms with Gasteiger partial charge in [0.1, 0.15) is 11.3 Å². The lowest BCUT2D eigenvalue weighted by Gasteiger charge is -2.60. The maximum Gasteiger partial charge on any atom is 0.259 e. The molecule has 0 atom stereocenters. The van der Waals surface area contributed by atoms with Gasteiger partial charge in [-0.25, -0.2) is 0 Å². The number of nitrogens with one attached hydrogen (secondary N) is 1. The number of benzene rings is 1. The number of amides is 1. The fraction of sp³-hybridized carbons (Fsp3) is 0.583. The number of H-pyrrole nitrogens is 1. The van der Waals surface area contributed by atoms with Crippen LogP contribution in [-0.2, 0) is 4.74 Å². The lowest BCUT2D eigenvalue weighted by Crippen LogP contribution is -2.62. The Morgan fingerprint density at radius 3 is 2.50 bits per heavy atom. The zero-order valence-corrected chi connectivity index (χ0v) is 17.5. The number of rotatable bonds is 6. The van der Waals surface area contributed by atoms with E-state index in [0.29, 0.717) is 48.4 Å². The Kier molecular flexibility index (Phi) is 4.85. The summed E-state index contributed by atoms with van der Waals surface area (Å²) in [6, 6.07) is 4.82. The Hall–Kier alpha value is -2.34. The number of carbonyl (C=O) groups excluding carboxylic acids is 1. The van der Waals surface area contributed by atoms with Crippen molar-refractivity contribution in [2.75, 3.05) is 19.8 Å². The van der Waals surface area contributed by atoms with Gasteiger partial charge in [-0.1, -0.05) is 6.07 Å². The third kappa shape index (κ3) is 3.13. The van der Waals surface area contributed by atoms with Crippen LogP contribution in [0.5, 0.6) is 5.75 Å². The number of aromatic nitrogens is 1. The van der Waals surface area contributed by atoms with Crippen LogP contribution in [0.25, 0.3) is 10.9 Å². The van der Waals surface area contributed by atoms with E-state index in [9.17, 15) is 14.7 Å². The Bertz CT molecular complexity index is 992. The molecule has 1 aromatic carbocycles. The Morgan fingerprint density at radius 2 is 1.87 bits per heavy atom. The molecule has 4 bridgehead atoms. The molecule has 1 amide bonds. The number of aromatic amines is 1. The van der Waals surface area contributed by atoms with E-state index >= 15 is 0 Å². The molecule has 160 valence electrons. The van der Waals surface area contributed by atoms with Crippen molar-refractivity contribution in [3.8, 4) is 5.75 Å². The van der Waals surface area contributed by atoms with E-state index in [1.54, 1.807) is 12.1 Å². The summed E-state index contributed by atoms with van der Waals surface area (Å²) in [6.07, 6.45) is 8.49. The van der Waals surface area contributed by atoms with Gasteiger partial charge in [0, 0.05) is 24.9 Å². The van der Waals surface area contributed by atoms with E-state index in [4.69, 9.17) is 4.74 Å². The van der Waals surface area contributed by atoms with E-state index in [-0.39, 0.29) is 28.2 Å². The molecule has 6 nitrogen and oxygen atoms in total. The summed E-state index contributed by atoms with van der Waals surface area (Å²) >= 11 is 0. The smallest absolute Gasteiger partial charge is 0.259 e. The first kappa shape index (κ1) is 19.6. The molecule has 1 aromatic heterocycles. The molecule has 1 heterocycles. The van der Waals surface area contributed by atoms with E-state index in [2.05, 4.69) is 4.98 Å². The van der Waals surface area contributed by atoms with Crippen molar-refractivity contribution in [3.05, 3.63) is 40.2 Å². The zero-order chi connectivity index (χ0) is 20.9. The van der Waals surface area contributed by atoms with Crippen LogP contribution in [0.3, 0.4) is 0 Å². The van der Waals surface area contributed by atoms with Crippen molar-refractivity contribution >= 4 is 16.8 Å². The average molecular weight is 411 g/mol. The Labute approximate surface area is 176 Å². The summed E-state index contributed by atoms with van der Waals surface area (Å²) in [4.78, 5) is 31.9. The molecule has 2 aromatic rings. The molecular weight excluding hydrogens is 380 g/mol. The fourth-order valence-electron chi connectivity index (χ4n) is 6.79. The number of hydrogen-bond acceptors (Lipinski definition) is 4. The van der Waals surface area contributed by atoms with Crippen molar-refractivity contribution in [3.63, 3.8) is 0 Å². The molecule has 0 spiro atoms. The van der Waals surface area contributed by atoms with Crippen molar-refractivity contribution < 1.29 is 14.6 Å². The van der Waals surface area contributed by atoms with Gasteiger partial charge in [0.25, 0.3) is 5.91 Å². The number of phenols is 1. The maximum absolute atomic E-state index is 13.8. The second kappa shape index (κ2) is 7.41. The lowest BCUT2D eigenvalue weighted by atomic mass is 9.52. The molecule has 4 aliphatic rings. The van der Waals surface area contributed by atoms with Crippen LogP contribution >= 0.6 is 0 Å². The monoisotopic (exact) mass is 410 g/mol. The first-order valence-electron chi connectivity index (χ1n) is 11.2. The summed E-state index contributed by atoms with van der Waals surface area (Å²) in [7, 11) is 0. The van der Waals surface area contributed by atoms with E-state index in [1.807, 2.05) is 11.8 Å². The summed E-state index contributed by atoms with van der Waals surface area (Å²) in [5, 5.41) is 10.4. The topological polar surface area (TPSA) is 82.6 Å². The van der Waals surface area contributed by atoms with Gasteiger partial charge in [-0.3, -0.25) is 9.59 Å². The molecule has 4 saturated carbocycles. The molecule has 0 radical (unpaired) electrons. The number of nitrogens with zero attached hydrogens (tertiary/aromatic N) is 1. The molecule has 6 heteroatoms. The highest BCUT2D eigenvalue weighted by Crippen LogP contribution is 2.57. The van der Waals surface area contributed by atoms with Gasteiger partial charge in [0.15, 0.2) is 0 Å². The van der Waals surface area contributed by atoms with Crippen LogP contribution < -0.4 is 5.43 Å². The molecule has 0 unspecified atom stereocenters. The first-order valence-corrected chi connectivity index (χ1v) is 11.2. The lowest BCUT2D eigenvalue weighted by molar-refractivity contribution is -0.0798. The summed E-state index contributed by atoms with van der Waals surface area (Å²) in [6.45, 7) is 3.56. The number of fused-ring (bicyclic) bond motifs is 1. The molecule has 0 saturated heterocycles. The standard InChI is InChI=1S/C24H30N2O4/c1-2-30-7-6-26(24-11-15-8-16(12-24)10-17(9-15)13-24)23(29)19-14-25-21-18(22(19)28)4-3-5-20(21)27/h3-5,14-17,27H,2,6-13H2,1H3,(H,25,28). The maximum atomic E-state index is 13.8. The second-order valence-electron chi connectivity index (χ2n) is 9.53. The molecular formula is C24H30N2O4. The number of para-hydroxylation sites is 1. The highest BCUT2D eigenvalue weighted by Gasteiger charge is 2.54. The molecule has 2 N–H and O–H groups in total. The number of aromatic hydroxyl groups is 1. The van der Waals surface area contributed by atoms with Crippen molar-refractivity contribution in [2.45, 2.75) is 51.0 Å². The minimum atomic E-state index is -0.323. The Morgan fingerprint density at radius 1 is 1.20 bits per heavy atom. The third-order valence-electron chi connectivity index (χ3n) is 7.61. The van der Waals surface area contributed by atoms with E-state index in [0.717, 1.165) is 19.3 Å². The van der Waals surface area contributed by atoms with Gasteiger partial charge in [-0.05, 0) is 75.3 Å². The van der Waals surface area contributed by atoms with Gasteiger partial charge >= 0.3 is 0 Å². The minimum Gasteiger partial charge on any atom is -0.506 e. The van der Waals surface area contributed by atoms with Gasteiger partial charge < -0.3 is 19.7 Å². The zero-order valence-electron chi connectivity index (χ0n) is 17.5. The summed E-state index contributed by atoms with van der Waals surface area (Å²) in [5.41, 5.74) is 0.0502. The first-order chi connectivity index (χ1) is 14.5. The van der Waals surface area contributed by atoms with Crippen molar-refractivity contribution in [1.29, 1.82) is 0 Å². The molecule has 0 aliphatic heterocycles. The van der Waals surface area contributed by atoms with E-state index in [1.165, 1.54) is 31.5 Å². The number of pyridine rings is 1. The Balaban J connectivity index is 1.54. The van der Waals surface area contributed by atoms with Crippen LogP contribution in [0, 0.1) is 17.8 Å². The van der Waals surface area contributed by atoms with Crippen molar-refractivity contribution in [1.82, 2.24) is 9.88 Å². The SMILES string of the molecule is CCOCCN(C(=O)c1c[nH]c2c(O)cccc2c1=O)C12CC3CC(CC(C3)C1)C2. The second-order valence-corrected chi connectivity index (χ2v) is 9.53. The average Bonchev–Trinajstić information content (AvgIpc) is 2.70. The van der Waals surface area contributed by atoms with Gasteiger partial charge in [0.2, 0.25) is 5.43 Å². The van der Waals surface area contributed by atoms with Gasteiger partial charge in [0.05, 0.1) is 17.5 Å². The summed E-state index contributed by atoms with van der Waals surface area (Å²) in [5.74, 6) is 1.91. The minimum absolute atomic E-state index is 0.0119. The van der Waals surface area contributed by atoms with Crippen LogP contribution in [0.15, 0.2) is 29.2 Å². The molecule has 6 rings (SSSR count). The normalized spacial score (nSPS) is 29.4. The number of carbonyl (C=O) groups is 1. The summed E-state index contributed by atoms with van der Waals surface area (Å²) < 4.78 is 5.62. The van der Waals surface area contributed by atoms with Gasteiger partial charge in [-0.2, -0.15) is 0 Å². The number of hydrogen-bond donors (Lipinski definition) is 2. The fourth-order valence-corrected chi connectivity index (χ4v) is 6.79. The molecule has 30 heavy (non-hydrogen) atoms. The van der Waals surface area contributed by atoms with Crippen LogP contribution in [0.1, 0.15) is 55.8 Å². The quantitative estimate of drug-likeness (QED) is 0.712. The van der Waals surface area contributed by atoms with Crippen LogP contribution in [-0.4, -0.2) is 46.2 Å². The highest BCUT2D eigenvalue weighted by atomic mass is 16.5.